The number of halogens is 5. The number of benzene rings is 2. The van der Waals surface area contributed by atoms with E-state index in [0.717, 1.165) is 12.1 Å². The lowest BCUT2D eigenvalue weighted by Gasteiger charge is -2.10. The topological polar surface area (TPSA) is 87.8 Å². The summed E-state index contributed by atoms with van der Waals surface area (Å²) in [5.74, 6) is -0.159. The largest absolute Gasteiger partial charge is 0.506 e. The zero-order valence-corrected chi connectivity index (χ0v) is 15.6. The predicted molar refractivity (Wildman–Crippen MR) is 102 cm³/mol. The first-order valence-electron chi connectivity index (χ1n) is 7.87. The Morgan fingerprint density at radius 3 is 2.61 bits per heavy atom. The third-order valence-electron chi connectivity index (χ3n) is 3.59. The Kier molecular flexibility index (Phi) is 7.09. The molecule has 0 aliphatic carbocycles. The summed E-state index contributed by atoms with van der Waals surface area (Å²) in [6, 6.07) is 5.16. The van der Waals surface area contributed by atoms with E-state index in [1.54, 1.807) is 0 Å². The van der Waals surface area contributed by atoms with Gasteiger partial charge in [0.1, 0.15) is 11.4 Å². The summed E-state index contributed by atoms with van der Waals surface area (Å²) in [6.07, 6.45) is -2.84. The van der Waals surface area contributed by atoms with Gasteiger partial charge in [-0.1, -0.05) is 23.2 Å². The number of phenolic OH excluding ortho intramolecular Hbond substituents is 1. The Morgan fingerprint density at radius 2 is 1.96 bits per heavy atom. The summed E-state index contributed by atoms with van der Waals surface area (Å²) in [5, 5.41) is 24.0. The van der Waals surface area contributed by atoms with E-state index in [1.807, 2.05) is 0 Å². The minimum atomic E-state index is -4.66. The molecule has 0 aliphatic rings. The van der Waals surface area contributed by atoms with E-state index in [2.05, 4.69) is 10.3 Å². The van der Waals surface area contributed by atoms with E-state index in [4.69, 9.17) is 23.2 Å². The zero-order valence-electron chi connectivity index (χ0n) is 14.1. The number of hydrogen-bond donors (Lipinski definition) is 2. The number of nitrogens with zero attached hydrogens (tertiary/aromatic N) is 2. The Hall–Kier alpha value is -2.52. The fourth-order valence-corrected chi connectivity index (χ4v) is 2.76. The second-order valence-corrected chi connectivity index (χ2v) is 6.47. The molecule has 11 heteroatoms. The van der Waals surface area contributed by atoms with E-state index in [9.17, 15) is 28.4 Å². The highest BCUT2D eigenvalue weighted by molar-refractivity contribution is 6.36. The Labute approximate surface area is 167 Å². The lowest BCUT2D eigenvalue weighted by atomic mass is 10.1. The van der Waals surface area contributed by atoms with Gasteiger partial charge in [0.05, 0.1) is 15.5 Å². The first-order chi connectivity index (χ1) is 13.1. The molecule has 0 aliphatic heterocycles. The Balaban J connectivity index is 1.94. The fraction of sp³-hybridized carbons (Fsp3) is 0.235. The summed E-state index contributed by atoms with van der Waals surface area (Å²) in [5.41, 5.74) is -1.42. The first-order valence-corrected chi connectivity index (χ1v) is 8.62. The van der Waals surface area contributed by atoms with Crippen molar-refractivity contribution in [3.05, 3.63) is 61.6 Å². The average molecular weight is 436 g/mol. The van der Waals surface area contributed by atoms with E-state index in [1.165, 1.54) is 18.3 Å². The van der Waals surface area contributed by atoms with Crippen LogP contribution in [0.1, 0.15) is 17.5 Å². The van der Waals surface area contributed by atoms with Crippen LogP contribution in [0.25, 0.3) is 0 Å². The summed E-state index contributed by atoms with van der Waals surface area (Å²) in [4.78, 5) is 14.2. The van der Waals surface area contributed by atoms with Crippen LogP contribution in [0.5, 0.6) is 5.75 Å². The van der Waals surface area contributed by atoms with Crippen LogP contribution in [-0.2, 0) is 6.18 Å². The molecule has 0 amide bonds. The molecule has 0 bridgehead atoms. The molecular weight excluding hydrogens is 422 g/mol. The summed E-state index contributed by atoms with van der Waals surface area (Å²) in [6.45, 7) is 0.539. The number of nitro benzene ring substituents is 1. The molecule has 2 aromatic rings. The van der Waals surface area contributed by atoms with Crippen LogP contribution in [0, 0.1) is 10.1 Å². The van der Waals surface area contributed by atoms with Crippen molar-refractivity contribution in [2.45, 2.75) is 12.6 Å². The second-order valence-electron chi connectivity index (χ2n) is 5.63. The third kappa shape index (κ3) is 5.74. The second kappa shape index (κ2) is 9.11. The van der Waals surface area contributed by atoms with Crippen molar-refractivity contribution in [1.82, 2.24) is 0 Å². The average Bonchev–Trinajstić information content (AvgIpc) is 2.60. The molecule has 0 saturated heterocycles. The quantitative estimate of drug-likeness (QED) is 0.258. The maximum atomic E-state index is 12.7. The van der Waals surface area contributed by atoms with Gasteiger partial charge >= 0.3 is 6.18 Å². The highest BCUT2D eigenvalue weighted by Crippen LogP contribution is 2.35. The van der Waals surface area contributed by atoms with Gasteiger partial charge in [0, 0.05) is 36.0 Å². The van der Waals surface area contributed by atoms with Gasteiger partial charge < -0.3 is 10.4 Å². The minimum absolute atomic E-state index is 0.0127. The van der Waals surface area contributed by atoms with Crippen LogP contribution >= 0.6 is 23.2 Å². The molecule has 2 rings (SSSR count). The summed E-state index contributed by atoms with van der Waals surface area (Å²) in [7, 11) is 0. The highest BCUT2D eigenvalue weighted by Gasteiger charge is 2.32. The van der Waals surface area contributed by atoms with E-state index in [-0.39, 0.29) is 23.0 Å². The molecule has 2 N–H and O–H groups in total. The monoisotopic (exact) mass is 435 g/mol. The molecule has 6 nitrogen and oxygen atoms in total. The number of nitro groups is 1. The SMILES string of the molecule is O=[N+]([O-])c1cc(C(F)(F)F)ccc1NCCCN=Cc1cc(Cl)cc(Cl)c1O. The number of hydrogen-bond acceptors (Lipinski definition) is 5. The van der Waals surface area contributed by atoms with E-state index >= 15 is 0 Å². The molecule has 28 heavy (non-hydrogen) atoms. The predicted octanol–water partition coefficient (Wildman–Crippen LogP) is 5.55. The maximum Gasteiger partial charge on any atom is 0.416 e. The van der Waals surface area contributed by atoms with Gasteiger partial charge in [0.15, 0.2) is 0 Å². The van der Waals surface area contributed by atoms with Gasteiger partial charge in [-0.15, -0.1) is 0 Å². The van der Waals surface area contributed by atoms with Crippen molar-refractivity contribution in [1.29, 1.82) is 0 Å². The van der Waals surface area contributed by atoms with Crippen molar-refractivity contribution in [2.75, 3.05) is 18.4 Å². The zero-order chi connectivity index (χ0) is 20.9. The van der Waals surface area contributed by atoms with Gasteiger partial charge in [0.2, 0.25) is 0 Å². The van der Waals surface area contributed by atoms with Crippen molar-refractivity contribution >= 4 is 40.8 Å². The van der Waals surface area contributed by atoms with Gasteiger partial charge in [0.25, 0.3) is 5.69 Å². The lowest BCUT2D eigenvalue weighted by molar-refractivity contribution is -0.384. The molecule has 0 saturated carbocycles. The molecule has 0 heterocycles. The number of rotatable bonds is 7. The van der Waals surface area contributed by atoms with Crippen molar-refractivity contribution < 1.29 is 23.2 Å². The molecule has 150 valence electrons. The smallest absolute Gasteiger partial charge is 0.416 e. The van der Waals surface area contributed by atoms with Gasteiger partial charge in [-0.2, -0.15) is 13.2 Å². The molecule has 0 atom stereocenters. The normalized spacial score (nSPS) is 11.8. The summed E-state index contributed by atoms with van der Waals surface area (Å²) < 4.78 is 38.0. The highest BCUT2D eigenvalue weighted by atomic mass is 35.5. The third-order valence-corrected chi connectivity index (χ3v) is 4.10. The van der Waals surface area contributed by atoms with Gasteiger partial charge in [-0.25, -0.2) is 0 Å². The fourth-order valence-electron chi connectivity index (χ4n) is 2.25. The van der Waals surface area contributed by atoms with Crippen LogP contribution in [-0.4, -0.2) is 29.3 Å². The Bertz CT molecular complexity index is 905. The van der Waals surface area contributed by atoms with E-state index in [0.29, 0.717) is 29.6 Å². The number of phenols is 1. The van der Waals surface area contributed by atoms with Crippen LogP contribution in [0.4, 0.5) is 24.5 Å². The number of alkyl halides is 3. The maximum absolute atomic E-state index is 12.7. The molecule has 0 spiro atoms. The van der Waals surface area contributed by atoms with Crippen LogP contribution in [0.3, 0.4) is 0 Å². The minimum Gasteiger partial charge on any atom is -0.506 e. The first kappa shape index (κ1) is 21.8. The van der Waals surface area contributed by atoms with Crippen molar-refractivity contribution in [3.8, 4) is 5.75 Å². The standard InChI is InChI=1S/C17H14Cl2F3N3O3/c18-12-6-10(16(26)13(19)8-12)9-23-4-1-5-24-14-3-2-11(17(20,21)22)7-15(14)25(27)28/h2-3,6-9,24,26H,1,4-5H2. The molecule has 0 aromatic heterocycles. The molecular formula is C17H14Cl2F3N3O3. The number of nitrogens with one attached hydrogen (secondary N) is 1. The number of aliphatic imine (C=N–C) groups is 1. The van der Waals surface area contributed by atoms with Crippen LogP contribution < -0.4 is 5.32 Å². The van der Waals surface area contributed by atoms with E-state index < -0.39 is 22.4 Å². The number of anilines is 1. The van der Waals surface area contributed by atoms with Crippen molar-refractivity contribution in [3.63, 3.8) is 0 Å². The molecule has 2 aromatic carbocycles. The molecule has 0 fully saturated rings. The van der Waals surface area contributed by atoms with Crippen LogP contribution in [0.15, 0.2) is 35.3 Å². The Morgan fingerprint density at radius 1 is 1.25 bits per heavy atom. The summed E-state index contributed by atoms with van der Waals surface area (Å²) >= 11 is 11.6. The molecule has 0 radical (unpaired) electrons. The molecule has 0 unspecified atom stereocenters. The van der Waals surface area contributed by atoms with Crippen molar-refractivity contribution in [2.24, 2.45) is 4.99 Å². The number of aromatic hydroxyl groups is 1. The van der Waals surface area contributed by atoms with Crippen LogP contribution in [0.2, 0.25) is 10.0 Å². The van der Waals surface area contributed by atoms with Gasteiger partial charge in [-0.3, -0.25) is 15.1 Å². The van der Waals surface area contributed by atoms with Gasteiger partial charge in [-0.05, 0) is 30.7 Å². The lowest BCUT2D eigenvalue weighted by Crippen LogP contribution is -2.09.